The van der Waals surface area contributed by atoms with Gasteiger partial charge in [-0.15, -0.1) is 0 Å². The topological polar surface area (TPSA) is 78.4 Å². The molecule has 4 rings (SSSR count). The Bertz CT molecular complexity index is 791. The minimum atomic E-state index is -0.199. The van der Waals surface area contributed by atoms with E-state index in [4.69, 9.17) is 0 Å². The molecule has 0 bridgehead atoms. The maximum absolute atomic E-state index is 12.7. The van der Waals surface area contributed by atoms with Gasteiger partial charge in [0.25, 0.3) is 0 Å². The maximum atomic E-state index is 12.7. The van der Waals surface area contributed by atoms with E-state index >= 15 is 0 Å². The number of hydrogen-bond acceptors (Lipinski definition) is 5. The van der Waals surface area contributed by atoms with Gasteiger partial charge >= 0.3 is 0 Å². The molecule has 0 radical (unpaired) electrons. The smallest absolute Gasteiger partial charge is 0.226 e. The quantitative estimate of drug-likeness (QED) is 0.858. The fourth-order valence-corrected chi connectivity index (χ4v) is 3.50. The van der Waals surface area contributed by atoms with Crippen LogP contribution in [0.1, 0.15) is 12.1 Å². The third-order valence-corrected chi connectivity index (χ3v) is 5.18. The summed E-state index contributed by atoms with van der Waals surface area (Å²) in [6, 6.07) is 11.5. The molecule has 2 unspecified atom stereocenters. The molecule has 1 saturated heterocycles. The van der Waals surface area contributed by atoms with Gasteiger partial charge in [0.1, 0.15) is 5.82 Å². The molecular formula is C20H23N5O2. The maximum Gasteiger partial charge on any atom is 0.226 e. The van der Waals surface area contributed by atoms with Gasteiger partial charge in [-0.2, -0.15) is 0 Å². The largest absolute Gasteiger partial charge is 0.353 e. The molecule has 2 aromatic rings. The van der Waals surface area contributed by atoms with Crippen molar-refractivity contribution in [2.24, 2.45) is 11.8 Å². The summed E-state index contributed by atoms with van der Waals surface area (Å²) in [6.45, 7) is 3.29. The Balaban J connectivity index is 1.24. The van der Waals surface area contributed by atoms with E-state index < -0.39 is 0 Å². The van der Waals surface area contributed by atoms with E-state index in [0.717, 1.165) is 24.6 Å². The van der Waals surface area contributed by atoms with E-state index in [1.54, 1.807) is 12.4 Å². The molecule has 2 atom stereocenters. The number of hydrogen-bond donors (Lipinski definition) is 1. The zero-order valence-corrected chi connectivity index (χ0v) is 15.1. The highest BCUT2D eigenvalue weighted by atomic mass is 16.2. The highest BCUT2D eigenvalue weighted by Gasteiger charge is 2.49. The van der Waals surface area contributed by atoms with Crippen LogP contribution in [-0.4, -0.2) is 52.9 Å². The van der Waals surface area contributed by atoms with Gasteiger partial charge in [0.15, 0.2) is 0 Å². The van der Waals surface area contributed by atoms with E-state index in [9.17, 15) is 9.59 Å². The number of nitrogens with one attached hydrogen (secondary N) is 1. The summed E-state index contributed by atoms with van der Waals surface area (Å²) >= 11 is 0. The number of amides is 2. The van der Waals surface area contributed by atoms with Gasteiger partial charge in [0, 0.05) is 38.6 Å². The number of rotatable bonds is 5. The van der Waals surface area contributed by atoms with E-state index in [2.05, 4.69) is 20.2 Å². The summed E-state index contributed by atoms with van der Waals surface area (Å²) < 4.78 is 0. The second-order valence-electron chi connectivity index (χ2n) is 6.99. The van der Waals surface area contributed by atoms with Crippen molar-refractivity contribution in [2.75, 3.05) is 31.1 Å². The Morgan fingerprint density at radius 3 is 2.37 bits per heavy atom. The first-order valence-corrected chi connectivity index (χ1v) is 9.35. The summed E-state index contributed by atoms with van der Waals surface area (Å²) in [7, 11) is 0. The summed E-state index contributed by atoms with van der Waals surface area (Å²) in [6.07, 6.45) is 4.13. The van der Waals surface area contributed by atoms with Gasteiger partial charge in [0.05, 0.1) is 24.1 Å². The van der Waals surface area contributed by atoms with Crippen LogP contribution in [0.2, 0.25) is 0 Å². The van der Waals surface area contributed by atoms with Crippen molar-refractivity contribution < 1.29 is 9.59 Å². The minimum absolute atomic E-state index is 0.0499. The van der Waals surface area contributed by atoms with Crippen molar-refractivity contribution >= 4 is 17.6 Å². The van der Waals surface area contributed by atoms with Crippen molar-refractivity contribution in [1.82, 2.24) is 20.2 Å². The SMILES string of the molecule is O=C(NCc1ccccn1)C1CC1C(=O)N1CCN(c2ccccn2)CC1. The Morgan fingerprint density at radius 2 is 1.70 bits per heavy atom. The first-order valence-electron chi connectivity index (χ1n) is 9.35. The number of anilines is 1. The van der Waals surface area contributed by atoms with Crippen LogP contribution in [0.5, 0.6) is 0 Å². The van der Waals surface area contributed by atoms with Crippen LogP contribution in [0, 0.1) is 11.8 Å². The molecular weight excluding hydrogens is 342 g/mol. The van der Waals surface area contributed by atoms with Crippen molar-refractivity contribution in [1.29, 1.82) is 0 Å². The Kier molecular flexibility index (Phi) is 5.00. The lowest BCUT2D eigenvalue weighted by Gasteiger charge is -2.35. The lowest BCUT2D eigenvalue weighted by atomic mass is 10.2. The molecule has 27 heavy (non-hydrogen) atoms. The van der Waals surface area contributed by atoms with E-state index in [-0.39, 0.29) is 23.7 Å². The molecule has 3 heterocycles. The first kappa shape index (κ1) is 17.5. The molecule has 0 spiro atoms. The summed E-state index contributed by atoms with van der Waals surface area (Å²) in [5.74, 6) is 0.632. The fraction of sp³-hybridized carbons (Fsp3) is 0.400. The Hall–Kier alpha value is -2.96. The summed E-state index contributed by atoms with van der Waals surface area (Å²) in [4.78, 5) is 37.6. The van der Waals surface area contributed by atoms with Crippen molar-refractivity contribution in [2.45, 2.75) is 13.0 Å². The molecule has 2 fully saturated rings. The molecule has 2 aromatic heterocycles. The molecule has 1 aliphatic carbocycles. The molecule has 1 N–H and O–H groups in total. The van der Waals surface area contributed by atoms with Crippen LogP contribution in [0.15, 0.2) is 48.8 Å². The summed E-state index contributed by atoms with van der Waals surface area (Å²) in [5.41, 5.74) is 0.819. The second kappa shape index (κ2) is 7.73. The molecule has 2 amide bonds. The molecule has 140 valence electrons. The molecule has 1 aliphatic heterocycles. The van der Waals surface area contributed by atoms with Crippen LogP contribution in [0.3, 0.4) is 0 Å². The predicted octanol–water partition coefficient (Wildman–Crippen LogP) is 1.08. The number of aromatic nitrogens is 2. The lowest BCUT2D eigenvalue weighted by Crippen LogP contribution is -2.49. The average Bonchev–Trinajstić information content (AvgIpc) is 3.54. The highest BCUT2D eigenvalue weighted by Crippen LogP contribution is 2.40. The summed E-state index contributed by atoms with van der Waals surface area (Å²) in [5, 5.41) is 2.89. The molecule has 0 aromatic carbocycles. The predicted molar refractivity (Wildman–Crippen MR) is 101 cm³/mol. The molecule has 1 saturated carbocycles. The minimum Gasteiger partial charge on any atom is -0.353 e. The Labute approximate surface area is 158 Å². The van der Waals surface area contributed by atoms with Gasteiger partial charge in [-0.25, -0.2) is 4.98 Å². The monoisotopic (exact) mass is 365 g/mol. The lowest BCUT2D eigenvalue weighted by molar-refractivity contribution is -0.135. The second-order valence-corrected chi connectivity index (χ2v) is 6.99. The van der Waals surface area contributed by atoms with E-state index in [1.807, 2.05) is 41.3 Å². The highest BCUT2D eigenvalue weighted by molar-refractivity contribution is 5.92. The zero-order valence-electron chi connectivity index (χ0n) is 15.1. The number of nitrogens with zero attached hydrogens (tertiary/aromatic N) is 4. The van der Waals surface area contributed by atoms with Gasteiger partial charge < -0.3 is 15.1 Å². The fourth-order valence-electron chi connectivity index (χ4n) is 3.50. The van der Waals surface area contributed by atoms with Gasteiger partial charge in [-0.1, -0.05) is 12.1 Å². The Morgan fingerprint density at radius 1 is 0.963 bits per heavy atom. The van der Waals surface area contributed by atoms with Gasteiger partial charge in [-0.3, -0.25) is 14.6 Å². The van der Waals surface area contributed by atoms with E-state index in [0.29, 0.717) is 26.1 Å². The van der Waals surface area contributed by atoms with Gasteiger partial charge in [0.2, 0.25) is 11.8 Å². The van der Waals surface area contributed by atoms with Crippen LogP contribution in [0.25, 0.3) is 0 Å². The number of carbonyl (C=O) groups excluding carboxylic acids is 2. The van der Waals surface area contributed by atoms with Crippen LogP contribution in [-0.2, 0) is 16.1 Å². The third kappa shape index (κ3) is 4.07. The van der Waals surface area contributed by atoms with Crippen molar-refractivity contribution in [3.05, 3.63) is 54.5 Å². The van der Waals surface area contributed by atoms with Crippen molar-refractivity contribution in [3.8, 4) is 0 Å². The third-order valence-electron chi connectivity index (χ3n) is 5.18. The average molecular weight is 365 g/mol. The molecule has 2 aliphatic rings. The number of piperazine rings is 1. The van der Waals surface area contributed by atoms with Crippen LogP contribution >= 0.6 is 0 Å². The standard InChI is InChI=1S/C20H23N5O2/c26-19(23-14-15-5-1-3-7-21-15)16-13-17(16)20(27)25-11-9-24(10-12-25)18-6-2-4-8-22-18/h1-8,16-17H,9-14H2,(H,23,26). The van der Waals surface area contributed by atoms with Crippen molar-refractivity contribution in [3.63, 3.8) is 0 Å². The first-order chi connectivity index (χ1) is 13.2. The number of carbonyl (C=O) groups is 2. The normalized spacial score (nSPS) is 21.6. The molecule has 7 heteroatoms. The van der Waals surface area contributed by atoms with E-state index in [1.165, 1.54) is 0 Å². The zero-order chi connectivity index (χ0) is 18.6. The van der Waals surface area contributed by atoms with Crippen LogP contribution in [0.4, 0.5) is 5.82 Å². The van der Waals surface area contributed by atoms with Crippen LogP contribution < -0.4 is 10.2 Å². The van der Waals surface area contributed by atoms with Gasteiger partial charge in [-0.05, 0) is 30.7 Å². The molecule has 7 nitrogen and oxygen atoms in total. The number of pyridine rings is 2.